The van der Waals surface area contributed by atoms with E-state index in [9.17, 15) is 0 Å². The number of nitrogen functional groups attached to an aromatic ring is 3. The fourth-order valence-electron chi connectivity index (χ4n) is 1.46. The smallest absolute Gasteiger partial charge is 0.0449 e. The lowest BCUT2D eigenvalue weighted by Crippen LogP contribution is -1.83. The number of para-hydroxylation sites is 3. The van der Waals surface area contributed by atoms with Gasteiger partial charge in [0.25, 0.3) is 0 Å². The zero-order valence-corrected chi connectivity index (χ0v) is 15.7. The zero-order chi connectivity index (χ0) is 17.9. The minimum atomic E-state index is 0.732. The Morgan fingerprint density at radius 1 is 0.417 bits per heavy atom. The molecule has 126 valence electrons. The molecular formula is C18H21N3S3. The second kappa shape index (κ2) is 10.8. The van der Waals surface area contributed by atoms with Crippen LogP contribution in [-0.4, -0.2) is 0 Å². The highest BCUT2D eigenvalue weighted by molar-refractivity contribution is 7.80. The third-order valence-electron chi connectivity index (χ3n) is 2.81. The lowest BCUT2D eigenvalue weighted by atomic mass is 10.3. The van der Waals surface area contributed by atoms with Crippen molar-refractivity contribution in [1.82, 2.24) is 0 Å². The quantitative estimate of drug-likeness (QED) is 0.255. The van der Waals surface area contributed by atoms with Crippen molar-refractivity contribution in [2.45, 2.75) is 14.7 Å². The van der Waals surface area contributed by atoms with Gasteiger partial charge in [0.1, 0.15) is 0 Å². The molecule has 0 amide bonds. The van der Waals surface area contributed by atoms with E-state index in [1.54, 1.807) is 0 Å². The van der Waals surface area contributed by atoms with Crippen molar-refractivity contribution in [3.8, 4) is 0 Å². The Bertz CT molecular complexity index is 597. The van der Waals surface area contributed by atoms with Crippen LogP contribution in [0.4, 0.5) is 17.1 Å². The van der Waals surface area contributed by atoms with Gasteiger partial charge in [-0.2, -0.15) is 0 Å². The van der Waals surface area contributed by atoms with Crippen LogP contribution in [0.3, 0.4) is 0 Å². The Kier molecular flexibility index (Phi) is 9.07. The maximum Gasteiger partial charge on any atom is 0.0449 e. The van der Waals surface area contributed by atoms with Crippen molar-refractivity contribution in [3.05, 3.63) is 72.8 Å². The van der Waals surface area contributed by atoms with Gasteiger partial charge in [-0.15, -0.1) is 37.9 Å². The van der Waals surface area contributed by atoms with Gasteiger partial charge < -0.3 is 17.2 Å². The molecule has 0 atom stereocenters. The predicted molar refractivity (Wildman–Crippen MR) is 114 cm³/mol. The highest BCUT2D eigenvalue weighted by Gasteiger charge is 1.87. The van der Waals surface area contributed by atoms with Gasteiger partial charge in [-0.05, 0) is 36.4 Å². The molecular weight excluding hydrogens is 354 g/mol. The highest BCUT2D eigenvalue weighted by atomic mass is 32.1. The first-order valence-electron chi connectivity index (χ1n) is 7.02. The summed E-state index contributed by atoms with van der Waals surface area (Å²) in [6.45, 7) is 0. The van der Waals surface area contributed by atoms with Crippen LogP contribution in [0.2, 0.25) is 0 Å². The summed E-state index contributed by atoms with van der Waals surface area (Å²) in [5, 5.41) is 0. The maximum atomic E-state index is 5.44. The van der Waals surface area contributed by atoms with Gasteiger partial charge in [0.05, 0.1) is 0 Å². The first-order valence-corrected chi connectivity index (χ1v) is 8.36. The lowest BCUT2D eigenvalue weighted by Gasteiger charge is -1.92. The molecule has 0 fully saturated rings. The van der Waals surface area contributed by atoms with Crippen LogP contribution in [0.25, 0.3) is 0 Å². The van der Waals surface area contributed by atoms with E-state index in [4.69, 9.17) is 17.2 Å². The third-order valence-corrected chi connectivity index (χ3v) is 4.03. The van der Waals surface area contributed by atoms with E-state index < -0.39 is 0 Å². The second-order valence-electron chi connectivity index (χ2n) is 4.68. The van der Waals surface area contributed by atoms with Crippen LogP contribution in [0, 0.1) is 0 Å². The van der Waals surface area contributed by atoms with Crippen LogP contribution >= 0.6 is 37.9 Å². The topological polar surface area (TPSA) is 78.1 Å². The fraction of sp³-hybridized carbons (Fsp3) is 0. The van der Waals surface area contributed by atoms with Gasteiger partial charge in [-0.3, -0.25) is 0 Å². The molecule has 0 radical (unpaired) electrons. The summed E-state index contributed by atoms with van der Waals surface area (Å²) in [6, 6.07) is 22.4. The van der Waals surface area contributed by atoms with Crippen LogP contribution in [-0.2, 0) is 0 Å². The molecule has 0 aliphatic carbocycles. The average molecular weight is 376 g/mol. The summed E-state index contributed by atoms with van der Waals surface area (Å²) in [5.74, 6) is 0. The summed E-state index contributed by atoms with van der Waals surface area (Å²) in [5.41, 5.74) is 18.5. The number of thiol groups is 3. The number of rotatable bonds is 0. The van der Waals surface area contributed by atoms with Crippen molar-refractivity contribution in [2.24, 2.45) is 0 Å². The minimum Gasteiger partial charge on any atom is -0.398 e. The van der Waals surface area contributed by atoms with Gasteiger partial charge in [-0.1, -0.05) is 36.4 Å². The maximum absolute atomic E-state index is 5.44. The van der Waals surface area contributed by atoms with E-state index in [1.165, 1.54) is 0 Å². The number of anilines is 3. The molecule has 0 aliphatic heterocycles. The molecule has 0 spiro atoms. The van der Waals surface area contributed by atoms with Gasteiger partial charge in [0, 0.05) is 31.7 Å². The van der Waals surface area contributed by atoms with E-state index >= 15 is 0 Å². The molecule has 0 saturated heterocycles. The Morgan fingerprint density at radius 3 is 0.750 bits per heavy atom. The number of benzene rings is 3. The van der Waals surface area contributed by atoms with Crippen LogP contribution in [0.1, 0.15) is 0 Å². The minimum absolute atomic E-state index is 0.732. The van der Waals surface area contributed by atoms with E-state index in [0.717, 1.165) is 31.7 Å². The Morgan fingerprint density at radius 2 is 0.625 bits per heavy atom. The van der Waals surface area contributed by atoms with E-state index in [1.807, 2.05) is 72.8 Å². The first kappa shape index (κ1) is 20.2. The van der Waals surface area contributed by atoms with Crippen molar-refractivity contribution >= 4 is 54.9 Å². The molecule has 3 nitrogen and oxygen atoms in total. The largest absolute Gasteiger partial charge is 0.398 e. The van der Waals surface area contributed by atoms with E-state index in [0.29, 0.717) is 0 Å². The highest BCUT2D eigenvalue weighted by Crippen LogP contribution is 2.14. The van der Waals surface area contributed by atoms with E-state index in [2.05, 4.69) is 37.9 Å². The molecule has 0 saturated carbocycles. The lowest BCUT2D eigenvalue weighted by molar-refractivity contribution is 1.48. The SMILES string of the molecule is Nc1ccccc1S.Nc1ccccc1S.Nc1ccccc1S. The summed E-state index contributed by atoms with van der Waals surface area (Å²) in [4.78, 5) is 2.52. The summed E-state index contributed by atoms with van der Waals surface area (Å²) in [6.07, 6.45) is 0. The molecule has 6 heteroatoms. The van der Waals surface area contributed by atoms with Crippen molar-refractivity contribution in [1.29, 1.82) is 0 Å². The summed E-state index contributed by atoms with van der Waals surface area (Å²) in [7, 11) is 0. The second-order valence-corrected chi connectivity index (χ2v) is 6.12. The Labute approximate surface area is 159 Å². The summed E-state index contributed by atoms with van der Waals surface area (Å²) < 4.78 is 0. The molecule has 24 heavy (non-hydrogen) atoms. The van der Waals surface area contributed by atoms with Crippen LogP contribution < -0.4 is 17.2 Å². The number of nitrogens with two attached hydrogens (primary N) is 3. The number of hydrogen-bond acceptors (Lipinski definition) is 6. The van der Waals surface area contributed by atoms with Crippen molar-refractivity contribution in [3.63, 3.8) is 0 Å². The van der Waals surface area contributed by atoms with Crippen molar-refractivity contribution < 1.29 is 0 Å². The molecule has 3 aromatic rings. The predicted octanol–water partition coefficient (Wildman–Crippen LogP) is 4.67. The standard InChI is InChI=1S/3C6H7NS/c3*7-5-3-1-2-4-6(5)8/h3*1-4,8H,7H2. The number of hydrogen-bond donors (Lipinski definition) is 6. The molecule has 0 bridgehead atoms. The molecule has 0 unspecified atom stereocenters. The van der Waals surface area contributed by atoms with Crippen LogP contribution in [0.15, 0.2) is 87.5 Å². The van der Waals surface area contributed by atoms with Gasteiger partial charge in [0.15, 0.2) is 0 Å². The molecule has 3 aromatic carbocycles. The third kappa shape index (κ3) is 7.59. The fourth-order valence-corrected chi connectivity index (χ4v) is 1.94. The molecule has 0 heterocycles. The zero-order valence-electron chi connectivity index (χ0n) is 13.0. The Balaban J connectivity index is 0.000000180. The Hall–Kier alpha value is -1.89. The first-order chi connectivity index (χ1) is 11.4. The van der Waals surface area contributed by atoms with Gasteiger partial charge in [-0.25, -0.2) is 0 Å². The normalized spacial score (nSPS) is 9.12. The average Bonchev–Trinajstić information content (AvgIpc) is 2.57. The van der Waals surface area contributed by atoms with E-state index in [-0.39, 0.29) is 0 Å². The molecule has 6 N–H and O–H groups in total. The van der Waals surface area contributed by atoms with Crippen LogP contribution in [0.5, 0.6) is 0 Å². The van der Waals surface area contributed by atoms with Gasteiger partial charge in [0.2, 0.25) is 0 Å². The molecule has 0 aliphatic rings. The monoisotopic (exact) mass is 375 g/mol. The molecule has 0 aromatic heterocycles. The molecule has 3 rings (SSSR count). The van der Waals surface area contributed by atoms with Gasteiger partial charge >= 0.3 is 0 Å². The van der Waals surface area contributed by atoms with Crippen molar-refractivity contribution in [2.75, 3.05) is 17.2 Å². The summed E-state index contributed by atoms with van der Waals surface area (Å²) >= 11 is 12.2.